The van der Waals surface area contributed by atoms with Gasteiger partial charge in [0.1, 0.15) is 11.9 Å². The molecule has 0 aromatic heterocycles. The zero-order chi connectivity index (χ0) is 27.3. The predicted octanol–water partition coefficient (Wildman–Crippen LogP) is 2.69. The van der Waals surface area contributed by atoms with E-state index in [4.69, 9.17) is 0 Å². The number of halogens is 1. The van der Waals surface area contributed by atoms with Crippen LogP contribution in [-0.2, 0) is 14.8 Å². The lowest BCUT2D eigenvalue weighted by molar-refractivity contribution is -0.137. The first kappa shape index (κ1) is 28.2. The van der Waals surface area contributed by atoms with Gasteiger partial charge in [0.15, 0.2) is 0 Å². The summed E-state index contributed by atoms with van der Waals surface area (Å²) in [6.45, 7) is 1.93. The molecule has 0 radical (unpaired) electrons. The smallest absolute Gasteiger partial charge is 0.254 e. The Bertz CT molecular complexity index is 1200. The van der Waals surface area contributed by atoms with Crippen LogP contribution in [0, 0.1) is 5.82 Å². The van der Waals surface area contributed by atoms with Crippen LogP contribution in [0.1, 0.15) is 47.5 Å². The minimum absolute atomic E-state index is 0.142. The molecule has 0 unspecified atom stereocenters. The third kappa shape index (κ3) is 7.18. The molecule has 2 aliphatic rings. The van der Waals surface area contributed by atoms with E-state index in [1.165, 1.54) is 27.6 Å². The van der Waals surface area contributed by atoms with E-state index in [2.05, 4.69) is 5.32 Å². The fourth-order valence-electron chi connectivity index (χ4n) is 5.11. The second kappa shape index (κ2) is 12.4. The van der Waals surface area contributed by atoms with Crippen molar-refractivity contribution in [2.45, 2.75) is 43.7 Å². The molecule has 8 nitrogen and oxygen atoms in total. The molecule has 2 aromatic carbocycles. The highest BCUT2D eigenvalue weighted by molar-refractivity contribution is 7.88. The first-order valence-corrected chi connectivity index (χ1v) is 15.0. The van der Waals surface area contributed by atoms with Gasteiger partial charge in [0.2, 0.25) is 15.9 Å². The van der Waals surface area contributed by atoms with Gasteiger partial charge in [0.25, 0.3) is 5.91 Å². The van der Waals surface area contributed by atoms with Crippen LogP contribution in [0.15, 0.2) is 54.6 Å². The fraction of sp³-hybridized carbons (Fsp3) is 0.500. The summed E-state index contributed by atoms with van der Waals surface area (Å²) in [5.74, 6) is -0.172. The first-order valence-electron chi connectivity index (χ1n) is 13.2. The van der Waals surface area contributed by atoms with E-state index in [-0.39, 0.29) is 30.7 Å². The first-order chi connectivity index (χ1) is 18.1. The third-order valence-corrected chi connectivity index (χ3v) is 8.82. The molecule has 0 bridgehead atoms. The van der Waals surface area contributed by atoms with Gasteiger partial charge in [0.05, 0.1) is 6.26 Å². The van der Waals surface area contributed by atoms with Crippen LogP contribution in [0.3, 0.4) is 0 Å². The van der Waals surface area contributed by atoms with Gasteiger partial charge in [-0.3, -0.25) is 9.59 Å². The summed E-state index contributed by atoms with van der Waals surface area (Å²) in [6.07, 6.45) is 4.34. The molecule has 3 atom stereocenters. The molecule has 1 aliphatic carbocycles. The molecule has 206 valence electrons. The normalized spacial score (nSPS) is 20.7. The third-order valence-electron chi connectivity index (χ3n) is 7.51. The maximum absolute atomic E-state index is 13.6. The number of nitrogens with one attached hydrogen (secondary N) is 1. The van der Waals surface area contributed by atoms with Crippen LogP contribution in [0.25, 0.3) is 0 Å². The molecular formula is C28H37FN4O4S. The average Bonchev–Trinajstić information content (AvgIpc) is 3.69. The average molecular weight is 545 g/mol. The zero-order valence-corrected chi connectivity index (χ0v) is 22.9. The SMILES string of the molecule is CN(C(=O)c1ccccc1)[C@@H](CCCCN[C@@H]1C[C@H]1c1ccc(F)cc1)C(=O)N1CCN(S(C)(=O)=O)CC1. The van der Waals surface area contributed by atoms with Gasteiger partial charge in [-0.25, -0.2) is 12.8 Å². The molecule has 1 aliphatic heterocycles. The molecule has 0 spiro atoms. The Morgan fingerprint density at radius 2 is 1.68 bits per heavy atom. The van der Waals surface area contributed by atoms with E-state index in [1.54, 1.807) is 36.2 Å². The van der Waals surface area contributed by atoms with E-state index in [0.717, 1.165) is 31.4 Å². The molecule has 1 saturated carbocycles. The molecule has 2 fully saturated rings. The van der Waals surface area contributed by atoms with E-state index in [1.807, 2.05) is 18.2 Å². The number of unbranched alkanes of at least 4 members (excludes halogenated alkanes) is 1. The highest BCUT2D eigenvalue weighted by atomic mass is 32.2. The van der Waals surface area contributed by atoms with Gasteiger partial charge < -0.3 is 15.1 Å². The van der Waals surface area contributed by atoms with Crippen LogP contribution in [0.2, 0.25) is 0 Å². The van der Waals surface area contributed by atoms with Gasteiger partial charge in [-0.2, -0.15) is 4.31 Å². The summed E-state index contributed by atoms with van der Waals surface area (Å²) in [5, 5.41) is 3.55. The van der Waals surface area contributed by atoms with Crippen molar-refractivity contribution in [3.63, 3.8) is 0 Å². The monoisotopic (exact) mass is 544 g/mol. The summed E-state index contributed by atoms with van der Waals surface area (Å²) in [7, 11) is -1.63. The molecule has 1 N–H and O–H groups in total. The molecule has 2 amide bonds. The van der Waals surface area contributed by atoms with Crippen molar-refractivity contribution in [2.24, 2.45) is 0 Å². The lowest BCUT2D eigenvalue weighted by atomic mass is 10.0. The van der Waals surface area contributed by atoms with Crippen molar-refractivity contribution in [1.29, 1.82) is 0 Å². The number of likely N-dealkylation sites (N-methyl/N-ethyl adjacent to an activating group) is 1. The molecular weight excluding hydrogens is 507 g/mol. The van der Waals surface area contributed by atoms with Crippen molar-refractivity contribution in [2.75, 3.05) is 46.0 Å². The molecule has 2 aromatic rings. The van der Waals surface area contributed by atoms with Crippen molar-refractivity contribution in [1.82, 2.24) is 19.4 Å². The second-order valence-corrected chi connectivity index (χ2v) is 12.2. The number of carbonyl (C=O) groups is 2. The van der Waals surface area contributed by atoms with E-state index in [9.17, 15) is 22.4 Å². The summed E-state index contributed by atoms with van der Waals surface area (Å²) < 4.78 is 38.3. The van der Waals surface area contributed by atoms with Crippen LogP contribution >= 0.6 is 0 Å². The summed E-state index contributed by atoms with van der Waals surface area (Å²) in [4.78, 5) is 29.9. The number of hydrogen-bond donors (Lipinski definition) is 1. The standard InChI is InChI=1S/C28H37FN4O4S/c1-31(27(34)22-8-4-3-5-9-22)26(28(35)32-16-18-33(19-17-32)38(2,36)37)10-6-7-15-30-25-20-24(25)21-11-13-23(29)14-12-21/h3-5,8-9,11-14,24-26,30H,6-7,10,15-20H2,1-2H3/t24-,25+,26-/m0/s1. The lowest BCUT2D eigenvalue weighted by Crippen LogP contribution is -2.56. The maximum atomic E-state index is 13.6. The van der Waals surface area contributed by atoms with E-state index >= 15 is 0 Å². The topological polar surface area (TPSA) is 90.0 Å². The number of piperazine rings is 1. The molecule has 4 rings (SSSR count). The fourth-order valence-corrected chi connectivity index (χ4v) is 5.94. The summed E-state index contributed by atoms with van der Waals surface area (Å²) in [5.41, 5.74) is 1.67. The van der Waals surface area contributed by atoms with E-state index in [0.29, 0.717) is 37.0 Å². The molecule has 1 heterocycles. The largest absolute Gasteiger partial charge is 0.338 e. The highest BCUT2D eigenvalue weighted by Crippen LogP contribution is 2.40. The van der Waals surface area contributed by atoms with Crippen LogP contribution in [-0.4, -0.2) is 92.4 Å². The van der Waals surface area contributed by atoms with Crippen LogP contribution in [0.4, 0.5) is 4.39 Å². The number of hydrogen-bond acceptors (Lipinski definition) is 5. The van der Waals surface area contributed by atoms with Crippen molar-refractivity contribution in [3.05, 3.63) is 71.5 Å². The van der Waals surface area contributed by atoms with Crippen molar-refractivity contribution >= 4 is 21.8 Å². The number of nitrogens with zero attached hydrogens (tertiary/aromatic N) is 3. The van der Waals surface area contributed by atoms with Crippen molar-refractivity contribution in [3.8, 4) is 0 Å². The predicted molar refractivity (Wildman–Crippen MR) is 145 cm³/mol. The molecule has 38 heavy (non-hydrogen) atoms. The minimum Gasteiger partial charge on any atom is -0.338 e. The quantitative estimate of drug-likeness (QED) is 0.440. The number of sulfonamides is 1. The molecule has 10 heteroatoms. The Hall–Kier alpha value is -2.82. The Morgan fingerprint density at radius 3 is 2.32 bits per heavy atom. The van der Waals surface area contributed by atoms with Crippen molar-refractivity contribution < 1.29 is 22.4 Å². The lowest BCUT2D eigenvalue weighted by Gasteiger charge is -2.37. The van der Waals surface area contributed by atoms with Crippen LogP contribution < -0.4 is 5.32 Å². The van der Waals surface area contributed by atoms with Gasteiger partial charge >= 0.3 is 0 Å². The van der Waals surface area contributed by atoms with Gasteiger partial charge in [-0.05, 0) is 62.1 Å². The second-order valence-electron chi connectivity index (χ2n) is 10.2. The molecule has 1 saturated heterocycles. The number of rotatable bonds is 11. The Kier molecular flexibility index (Phi) is 9.17. The van der Waals surface area contributed by atoms with Gasteiger partial charge in [-0.15, -0.1) is 0 Å². The van der Waals surface area contributed by atoms with Gasteiger partial charge in [0, 0.05) is 50.7 Å². The minimum atomic E-state index is -3.30. The summed E-state index contributed by atoms with van der Waals surface area (Å²) >= 11 is 0. The number of benzene rings is 2. The van der Waals surface area contributed by atoms with E-state index < -0.39 is 16.1 Å². The number of carbonyl (C=O) groups excluding carboxylic acids is 2. The number of amides is 2. The summed E-state index contributed by atoms with van der Waals surface area (Å²) in [6, 6.07) is 15.3. The van der Waals surface area contributed by atoms with Gasteiger partial charge in [-0.1, -0.05) is 30.3 Å². The Morgan fingerprint density at radius 1 is 1.03 bits per heavy atom. The Labute approximate surface area is 224 Å². The highest BCUT2D eigenvalue weighted by Gasteiger charge is 2.38. The van der Waals surface area contributed by atoms with Crippen LogP contribution in [0.5, 0.6) is 0 Å². The zero-order valence-electron chi connectivity index (χ0n) is 22.1. The Balaban J connectivity index is 1.31. The maximum Gasteiger partial charge on any atom is 0.254 e.